The van der Waals surface area contributed by atoms with E-state index in [1.54, 1.807) is 30.3 Å². The van der Waals surface area contributed by atoms with Crippen LogP contribution < -0.4 is 9.47 Å². The number of benzene rings is 4. The Morgan fingerprint density at radius 2 is 1.29 bits per heavy atom. The molecule has 4 aromatic rings. The first kappa shape index (κ1) is 21.5. The summed E-state index contributed by atoms with van der Waals surface area (Å²) >= 11 is 0. The van der Waals surface area contributed by atoms with Crippen LogP contribution in [0.15, 0.2) is 72.8 Å². The monoisotopic (exact) mass is 456 g/mol. The second kappa shape index (κ2) is 8.90. The highest BCUT2D eigenvalue weighted by Gasteiger charge is 2.16. The molecule has 34 heavy (non-hydrogen) atoms. The molecule has 2 heterocycles. The van der Waals surface area contributed by atoms with Crippen LogP contribution in [-0.2, 0) is 25.7 Å². The van der Waals surface area contributed by atoms with Gasteiger partial charge in [0.25, 0.3) is 0 Å². The Morgan fingerprint density at radius 3 is 2.12 bits per heavy atom. The van der Waals surface area contributed by atoms with Crippen LogP contribution in [0.1, 0.15) is 22.3 Å². The third kappa shape index (κ3) is 4.43. The molecular weight excluding hydrogens is 432 g/mol. The fraction of sp³-hybridized carbons (Fsp3) is 0.143. The molecule has 4 aromatic carbocycles. The fourth-order valence-electron chi connectivity index (χ4n) is 4.09. The first-order valence-electron chi connectivity index (χ1n) is 11.1. The minimum atomic E-state index is -0.294. The lowest BCUT2D eigenvalue weighted by Crippen LogP contribution is -1.98. The molecule has 0 aromatic heterocycles. The molecular formula is C28H24O6. The van der Waals surface area contributed by atoms with E-state index >= 15 is 0 Å². The van der Waals surface area contributed by atoms with Crippen molar-refractivity contribution in [1.29, 1.82) is 0 Å². The van der Waals surface area contributed by atoms with Crippen molar-refractivity contribution < 1.29 is 29.9 Å². The Bertz CT molecular complexity index is 1340. The molecule has 2 aliphatic heterocycles. The number of hydrogen-bond donors (Lipinski definition) is 4. The Hall–Kier alpha value is -4.32. The molecule has 0 amide bonds. The van der Waals surface area contributed by atoms with Crippen molar-refractivity contribution in [2.45, 2.75) is 25.7 Å². The van der Waals surface area contributed by atoms with Crippen LogP contribution in [-0.4, -0.2) is 20.4 Å². The van der Waals surface area contributed by atoms with Crippen LogP contribution in [0.25, 0.3) is 0 Å². The van der Waals surface area contributed by atoms with Crippen LogP contribution in [0.5, 0.6) is 46.0 Å². The van der Waals surface area contributed by atoms with Gasteiger partial charge in [-0.1, -0.05) is 30.3 Å². The Morgan fingerprint density at radius 1 is 0.529 bits per heavy atom. The van der Waals surface area contributed by atoms with E-state index in [2.05, 4.69) is 0 Å². The summed E-state index contributed by atoms with van der Waals surface area (Å²) in [6.45, 7) is 0. The molecule has 6 heteroatoms. The van der Waals surface area contributed by atoms with E-state index in [9.17, 15) is 20.4 Å². The van der Waals surface area contributed by atoms with Gasteiger partial charge in [0.15, 0.2) is 23.0 Å². The van der Waals surface area contributed by atoms with E-state index in [0.29, 0.717) is 37.2 Å². The zero-order chi connectivity index (χ0) is 23.7. The van der Waals surface area contributed by atoms with E-state index < -0.39 is 0 Å². The lowest BCUT2D eigenvalue weighted by atomic mass is 10.0. The Balaban J connectivity index is 1.56. The number of phenolic OH excluding ortho intramolecular Hbond substituents is 4. The summed E-state index contributed by atoms with van der Waals surface area (Å²) in [5.41, 5.74) is 3.61. The summed E-state index contributed by atoms with van der Waals surface area (Å²) < 4.78 is 11.9. The largest absolute Gasteiger partial charge is 0.504 e. The fourth-order valence-corrected chi connectivity index (χ4v) is 4.09. The van der Waals surface area contributed by atoms with Crippen molar-refractivity contribution in [3.05, 3.63) is 95.1 Å². The molecule has 0 unspecified atom stereocenters. The van der Waals surface area contributed by atoms with E-state index in [-0.39, 0.29) is 34.5 Å². The van der Waals surface area contributed by atoms with Crippen molar-refractivity contribution >= 4 is 0 Å². The van der Waals surface area contributed by atoms with E-state index in [1.807, 2.05) is 30.3 Å². The lowest BCUT2D eigenvalue weighted by molar-refractivity contribution is 0.370. The summed E-state index contributed by atoms with van der Waals surface area (Å²) in [6.07, 6.45) is 2.49. The maximum atomic E-state index is 10.5. The summed E-state index contributed by atoms with van der Waals surface area (Å²) in [4.78, 5) is 0. The highest BCUT2D eigenvalue weighted by Crippen LogP contribution is 2.42. The van der Waals surface area contributed by atoms with Gasteiger partial charge in [-0.3, -0.25) is 0 Å². The van der Waals surface area contributed by atoms with Crippen molar-refractivity contribution in [1.82, 2.24) is 0 Å². The number of hydrogen-bond acceptors (Lipinski definition) is 6. The highest BCUT2D eigenvalue weighted by molar-refractivity contribution is 5.56. The van der Waals surface area contributed by atoms with Gasteiger partial charge >= 0.3 is 0 Å². The van der Waals surface area contributed by atoms with Crippen LogP contribution in [0.2, 0.25) is 0 Å². The molecule has 0 saturated carbocycles. The van der Waals surface area contributed by atoms with E-state index in [0.717, 1.165) is 22.3 Å². The first-order valence-corrected chi connectivity index (χ1v) is 11.1. The standard InChI is InChI=1S/C28H24O6/c29-23-13-10-20-9-6-17-7-11-21(12-8-17)33-25-16-19(15-24(30)26(25)31)5-4-18-2-1-3-22(14-18)34-28(20)27(23)32/h1-3,7-8,10-16,29-32H,4-6,9H2. The van der Waals surface area contributed by atoms with Gasteiger partial charge in [0.05, 0.1) is 0 Å². The quantitative estimate of drug-likeness (QED) is 0.243. The van der Waals surface area contributed by atoms with Gasteiger partial charge in [-0.05, 0) is 90.4 Å². The number of phenols is 4. The lowest BCUT2D eigenvalue weighted by Gasteiger charge is -2.15. The molecule has 0 radical (unpaired) electrons. The van der Waals surface area contributed by atoms with Crippen molar-refractivity contribution in [3.8, 4) is 46.0 Å². The van der Waals surface area contributed by atoms with Gasteiger partial charge in [0, 0.05) is 0 Å². The Labute approximate surface area is 196 Å². The summed E-state index contributed by atoms with van der Waals surface area (Å²) in [5, 5.41) is 41.1. The maximum absolute atomic E-state index is 10.5. The van der Waals surface area contributed by atoms with Crippen LogP contribution in [0.3, 0.4) is 0 Å². The highest BCUT2D eigenvalue weighted by atomic mass is 16.5. The normalized spacial score (nSPS) is 13.2. The predicted molar refractivity (Wildman–Crippen MR) is 127 cm³/mol. The van der Waals surface area contributed by atoms with E-state index in [4.69, 9.17) is 9.47 Å². The molecule has 6 rings (SSSR count). The molecule has 0 aliphatic carbocycles. The smallest absolute Gasteiger partial charge is 0.201 e. The van der Waals surface area contributed by atoms with Gasteiger partial charge in [-0.2, -0.15) is 0 Å². The number of aryl methyl sites for hydroxylation is 4. The molecule has 0 spiro atoms. The molecule has 6 bridgehead atoms. The molecule has 2 aliphatic rings. The second-order valence-corrected chi connectivity index (χ2v) is 8.38. The van der Waals surface area contributed by atoms with Crippen LogP contribution in [0.4, 0.5) is 0 Å². The van der Waals surface area contributed by atoms with Crippen LogP contribution in [0, 0.1) is 0 Å². The molecule has 172 valence electrons. The maximum Gasteiger partial charge on any atom is 0.201 e. The molecule has 4 N–H and O–H groups in total. The minimum Gasteiger partial charge on any atom is -0.504 e. The summed E-state index contributed by atoms with van der Waals surface area (Å²) in [5.74, 6) is 0.476. The van der Waals surface area contributed by atoms with Gasteiger partial charge in [0.2, 0.25) is 11.5 Å². The number of rotatable bonds is 0. The zero-order valence-corrected chi connectivity index (χ0v) is 18.4. The topological polar surface area (TPSA) is 99.4 Å². The summed E-state index contributed by atoms with van der Waals surface area (Å²) in [7, 11) is 0. The average molecular weight is 456 g/mol. The van der Waals surface area contributed by atoms with Crippen molar-refractivity contribution in [2.24, 2.45) is 0 Å². The number of fused-ring (bicyclic) bond motifs is 4. The van der Waals surface area contributed by atoms with Crippen LogP contribution >= 0.6 is 0 Å². The third-order valence-corrected chi connectivity index (χ3v) is 5.96. The van der Waals surface area contributed by atoms with Gasteiger partial charge in [0.1, 0.15) is 11.5 Å². The van der Waals surface area contributed by atoms with Crippen molar-refractivity contribution in [2.75, 3.05) is 0 Å². The predicted octanol–water partition coefficient (Wildman–Crippen LogP) is 5.98. The molecule has 0 saturated heterocycles. The van der Waals surface area contributed by atoms with Gasteiger partial charge in [-0.25, -0.2) is 0 Å². The number of aromatic hydroxyl groups is 4. The van der Waals surface area contributed by atoms with Gasteiger partial charge in [-0.15, -0.1) is 0 Å². The number of ether oxygens (including phenoxy) is 2. The second-order valence-electron chi connectivity index (χ2n) is 8.38. The molecule has 0 atom stereocenters. The molecule has 6 nitrogen and oxygen atoms in total. The third-order valence-electron chi connectivity index (χ3n) is 5.96. The van der Waals surface area contributed by atoms with Gasteiger partial charge < -0.3 is 29.9 Å². The Kier molecular flexibility index (Phi) is 5.64. The molecule has 0 fully saturated rings. The first-order chi connectivity index (χ1) is 16.5. The van der Waals surface area contributed by atoms with E-state index in [1.165, 1.54) is 12.1 Å². The van der Waals surface area contributed by atoms with Crippen molar-refractivity contribution in [3.63, 3.8) is 0 Å². The minimum absolute atomic E-state index is 0.199. The summed E-state index contributed by atoms with van der Waals surface area (Å²) in [6, 6.07) is 21.4. The SMILES string of the molecule is Oc1cc2cc(c1O)Oc1ccc(cc1)CCc1ccc(O)c(O)c1Oc1cccc(c1)CC2. The average Bonchev–Trinajstić information content (AvgIpc) is 2.84. The zero-order valence-electron chi connectivity index (χ0n) is 18.4.